The molecule has 1 heterocycles. The Kier molecular flexibility index (Phi) is 5.68. The second kappa shape index (κ2) is 7.95. The number of benzene rings is 2. The Morgan fingerprint density at radius 2 is 1.56 bits per heavy atom. The van der Waals surface area contributed by atoms with Crippen LogP contribution in [0.2, 0.25) is 0 Å². The van der Waals surface area contributed by atoms with E-state index in [-0.39, 0.29) is 0 Å². The minimum absolute atomic E-state index is 0.535. The summed E-state index contributed by atoms with van der Waals surface area (Å²) >= 11 is 0. The van der Waals surface area contributed by atoms with Crippen LogP contribution in [-0.4, -0.2) is 43.8 Å². The fraction of sp³-hybridized carbons (Fsp3) is 0.300. The van der Waals surface area contributed by atoms with Gasteiger partial charge < -0.3 is 0 Å². The van der Waals surface area contributed by atoms with Crippen molar-refractivity contribution >= 4 is 16.1 Å². The van der Waals surface area contributed by atoms with Crippen molar-refractivity contribution in [3.63, 3.8) is 0 Å². The average Bonchev–Trinajstić information content (AvgIpc) is 2.63. The number of nitrogens with zero attached hydrogens (tertiary/aromatic N) is 2. The lowest BCUT2D eigenvalue weighted by Crippen LogP contribution is -2.47. The first kappa shape index (κ1) is 17.9. The van der Waals surface area contributed by atoms with E-state index in [1.807, 2.05) is 30.3 Å². The third-order valence-corrected chi connectivity index (χ3v) is 6.01. The van der Waals surface area contributed by atoms with Crippen molar-refractivity contribution in [1.82, 2.24) is 9.21 Å². The molecular formula is C20H24N2O2S. The number of piperazine rings is 1. The van der Waals surface area contributed by atoms with Crippen molar-refractivity contribution in [3.05, 3.63) is 76.7 Å². The van der Waals surface area contributed by atoms with Crippen LogP contribution < -0.4 is 0 Å². The molecule has 1 fully saturated rings. The molecular weight excluding hydrogens is 332 g/mol. The van der Waals surface area contributed by atoms with Crippen LogP contribution in [0.3, 0.4) is 0 Å². The molecule has 1 aliphatic heterocycles. The summed E-state index contributed by atoms with van der Waals surface area (Å²) < 4.78 is 26.5. The predicted molar refractivity (Wildman–Crippen MR) is 102 cm³/mol. The van der Waals surface area contributed by atoms with Gasteiger partial charge in [0.2, 0.25) is 10.0 Å². The fourth-order valence-corrected chi connectivity index (χ4v) is 4.08. The van der Waals surface area contributed by atoms with E-state index in [2.05, 4.69) is 36.1 Å². The molecule has 0 saturated carbocycles. The van der Waals surface area contributed by atoms with Crippen molar-refractivity contribution in [2.24, 2.45) is 0 Å². The first-order valence-corrected chi connectivity index (χ1v) is 10.0. The zero-order chi connectivity index (χ0) is 17.7. The molecule has 3 rings (SSSR count). The number of aryl methyl sites for hydroxylation is 1. The van der Waals surface area contributed by atoms with Gasteiger partial charge in [0.15, 0.2) is 0 Å². The Hall–Kier alpha value is -1.95. The van der Waals surface area contributed by atoms with E-state index in [1.165, 1.54) is 16.5 Å². The molecule has 0 unspecified atom stereocenters. The van der Waals surface area contributed by atoms with Gasteiger partial charge in [0.25, 0.3) is 0 Å². The Balaban J connectivity index is 1.56. The molecule has 0 N–H and O–H groups in total. The van der Waals surface area contributed by atoms with E-state index >= 15 is 0 Å². The lowest BCUT2D eigenvalue weighted by molar-refractivity contribution is 0.182. The molecule has 2 aromatic rings. The highest BCUT2D eigenvalue weighted by Gasteiger charge is 2.24. The largest absolute Gasteiger partial charge is 0.296 e. The van der Waals surface area contributed by atoms with E-state index < -0.39 is 10.0 Å². The maximum atomic E-state index is 12.5. The molecule has 5 heteroatoms. The molecule has 132 valence electrons. The van der Waals surface area contributed by atoms with Crippen LogP contribution in [0.4, 0.5) is 0 Å². The SMILES string of the molecule is Cc1ccc(CN2CCN(S(=O)(=O)C=Cc3ccccc3)CC2)cc1. The van der Waals surface area contributed by atoms with Crippen LogP contribution in [0, 0.1) is 6.92 Å². The molecule has 0 aliphatic carbocycles. The summed E-state index contributed by atoms with van der Waals surface area (Å²) in [5, 5.41) is 1.32. The Morgan fingerprint density at radius 1 is 0.920 bits per heavy atom. The number of hydrogen-bond donors (Lipinski definition) is 0. The summed E-state index contributed by atoms with van der Waals surface area (Å²) in [6, 6.07) is 18.0. The highest BCUT2D eigenvalue weighted by atomic mass is 32.2. The molecule has 0 spiro atoms. The van der Waals surface area contributed by atoms with Crippen molar-refractivity contribution in [3.8, 4) is 0 Å². The highest BCUT2D eigenvalue weighted by Crippen LogP contribution is 2.14. The quantitative estimate of drug-likeness (QED) is 0.826. The van der Waals surface area contributed by atoms with Gasteiger partial charge in [0.05, 0.1) is 0 Å². The van der Waals surface area contributed by atoms with Crippen LogP contribution in [0.15, 0.2) is 60.0 Å². The molecule has 0 radical (unpaired) electrons. The van der Waals surface area contributed by atoms with Gasteiger partial charge in [-0.2, -0.15) is 4.31 Å². The summed E-state index contributed by atoms with van der Waals surface area (Å²) in [5.41, 5.74) is 3.42. The van der Waals surface area contributed by atoms with Crippen molar-refractivity contribution in [2.75, 3.05) is 26.2 Å². The van der Waals surface area contributed by atoms with Crippen molar-refractivity contribution in [2.45, 2.75) is 13.5 Å². The summed E-state index contributed by atoms with van der Waals surface area (Å²) in [4.78, 5) is 2.30. The minimum atomic E-state index is -3.36. The summed E-state index contributed by atoms with van der Waals surface area (Å²) in [7, 11) is -3.36. The molecule has 0 amide bonds. The zero-order valence-electron chi connectivity index (χ0n) is 14.5. The zero-order valence-corrected chi connectivity index (χ0v) is 15.3. The first-order chi connectivity index (χ1) is 12.0. The van der Waals surface area contributed by atoms with Gasteiger partial charge in [-0.05, 0) is 24.1 Å². The Morgan fingerprint density at radius 3 is 2.20 bits per heavy atom. The Labute approximate surface area is 150 Å². The Bertz CT molecular complexity index is 807. The molecule has 1 saturated heterocycles. The van der Waals surface area contributed by atoms with E-state index in [4.69, 9.17) is 0 Å². The van der Waals surface area contributed by atoms with Gasteiger partial charge in [-0.1, -0.05) is 60.2 Å². The number of rotatable bonds is 5. The van der Waals surface area contributed by atoms with Gasteiger partial charge >= 0.3 is 0 Å². The predicted octanol–water partition coefficient (Wildman–Crippen LogP) is 3.11. The molecule has 0 atom stereocenters. The first-order valence-electron chi connectivity index (χ1n) is 8.54. The highest BCUT2D eigenvalue weighted by molar-refractivity contribution is 7.92. The molecule has 2 aromatic carbocycles. The van der Waals surface area contributed by atoms with Crippen molar-refractivity contribution in [1.29, 1.82) is 0 Å². The second-order valence-corrected chi connectivity index (χ2v) is 8.24. The molecule has 1 aliphatic rings. The number of sulfonamides is 1. The summed E-state index contributed by atoms with van der Waals surface area (Å²) in [6.07, 6.45) is 1.66. The van der Waals surface area contributed by atoms with E-state index in [9.17, 15) is 8.42 Å². The fourth-order valence-electron chi connectivity index (χ4n) is 2.91. The maximum Gasteiger partial charge on any atom is 0.236 e. The van der Waals surface area contributed by atoms with Crippen LogP contribution in [0.1, 0.15) is 16.7 Å². The van der Waals surface area contributed by atoms with E-state index in [0.29, 0.717) is 13.1 Å². The van der Waals surface area contributed by atoms with Gasteiger partial charge in [-0.3, -0.25) is 4.90 Å². The smallest absolute Gasteiger partial charge is 0.236 e. The monoisotopic (exact) mass is 356 g/mol. The molecule has 25 heavy (non-hydrogen) atoms. The normalized spacial score (nSPS) is 17.2. The lowest BCUT2D eigenvalue weighted by atomic mass is 10.1. The van der Waals surface area contributed by atoms with Crippen LogP contribution in [0.5, 0.6) is 0 Å². The van der Waals surface area contributed by atoms with E-state index in [1.54, 1.807) is 10.4 Å². The van der Waals surface area contributed by atoms with Crippen LogP contribution >= 0.6 is 0 Å². The van der Waals surface area contributed by atoms with Gasteiger partial charge in [-0.15, -0.1) is 0 Å². The van der Waals surface area contributed by atoms with Crippen LogP contribution in [0.25, 0.3) is 6.08 Å². The topological polar surface area (TPSA) is 40.6 Å². The lowest BCUT2D eigenvalue weighted by Gasteiger charge is -2.33. The molecule has 4 nitrogen and oxygen atoms in total. The third-order valence-electron chi connectivity index (χ3n) is 4.45. The van der Waals surface area contributed by atoms with E-state index in [0.717, 1.165) is 25.2 Å². The van der Waals surface area contributed by atoms with Gasteiger partial charge in [-0.25, -0.2) is 8.42 Å². The van der Waals surface area contributed by atoms with Crippen LogP contribution in [-0.2, 0) is 16.6 Å². The average molecular weight is 356 g/mol. The van der Waals surface area contributed by atoms with Gasteiger partial charge in [0, 0.05) is 38.1 Å². The second-order valence-electron chi connectivity index (χ2n) is 6.42. The molecule has 0 bridgehead atoms. The van der Waals surface area contributed by atoms with Gasteiger partial charge in [0.1, 0.15) is 0 Å². The maximum absolute atomic E-state index is 12.5. The number of hydrogen-bond acceptors (Lipinski definition) is 3. The third kappa shape index (κ3) is 5.01. The summed E-state index contributed by atoms with van der Waals surface area (Å²) in [5.74, 6) is 0. The standard InChI is InChI=1S/C20H24N2O2S/c1-18-7-9-20(10-8-18)17-21-12-14-22(15-13-21)25(23,24)16-11-19-5-3-2-4-6-19/h2-11,16H,12-15,17H2,1H3. The molecule has 0 aromatic heterocycles. The van der Waals surface area contributed by atoms with Crippen molar-refractivity contribution < 1.29 is 8.42 Å². The summed E-state index contributed by atoms with van der Waals surface area (Å²) in [6.45, 7) is 5.53. The minimum Gasteiger partial charge on any atom is -0.296 e.